The van der Waals surface area contributed by atoms with Crippen molar-refractivity contribution in [3.63, 3.8) is 0 Å². The lowest BCUT2D eigenvalue weighted by Crippen LogP contribution is -2.01. The third-order valence-electron chi connectivity index (χ3n) is 3.23. The Bertz CT molecular complexity index is 703. The highest BCUT2D eigenvalue weighted by molar-refractivity contribution is 6.31. The number of aromatic nitrogens is 1. The number of hydrogen-bond donors (Lipinski definition) is 0. The van der Waals surface area contributed by atoms with Crippen molar-refractivity contribution in [2.75, 3.05) is 0 Å². The van der Waals surface area contributed by atoms with Gasteiger partial charge in [-0.25, -0.2) is 0 Å². The second-order valence-electron chi connectivity index (χ2n) is 4.50. The summed E-state index contributed by atoms with van der Waals surface area (Å²) in [4.78, 5) is 0. The first-order chi connectivity index (χ1) is 9.24. The summed E-state index contributed by atoms with van der Waals surface area (Å²) in [7, 11) is 2.04. The lowest BCUT2D eigenvalue weighted by Gasteiger charge is -2.07. The Kier molecular flexibility index (Phi) is 3.18. The molecule has 2 aromatic carbocycles. The summed E-state index contributed by atoms with van der Waals surface area (Å²) in [6, 6.07) is 17.9. The van der Waals surface area contributed by atoms with Crippen molar-refractivity contribution in [1.29, 1.82) is 0 Å². The van der Waals surface area contributed by atoms with Crippen LogP contribution in [0.25, 0.3) is 10.9 Å². The summed E-state index contributed by atoms with van der Waals surface area (Å²) >= 11 is 6.01. The molecule has 1 heterocycles. The van der Waals surface area contributed by atoms with Crippen molar-refractivity contribution in [3.8, 4) is 5.75 Å². The molecular formula is C16H14ClNO. The Labute approximate surface area is 117 Å². The molecule has 0 fully saturated rings. The fourth-order valence-electron chi connectivity index (χ4n) is 2.19. The minimum Gasteiger partial charge on any atom is -0.487 e. The molecule has 0 atom stereocenters. The topological polar surface area (TPSA) is 14.2 Å². The molecule has 0 N–H and O–H groups in total. The molecule has 0 radical (unpaired) electrons. The molecule has 0 saturated heterocycles. The van der Waals surface area contributed by atoms with E-state index in [1.807, 2.05) is 55.6 Å². The molecule has 3 rings (SSSR count). The molecule has 0 amide bonds. The predicted octanol–water partition coefficient (Wildman–Crippen LogP) is 4.41. The van der Waals surface area contributed by atoms with E-state index in [4.69, 9.17) is 16.3 Å². The van der Waals surface area contributed by atoms with Crippen LogP contribution in [0.15, 0.2) is 54.6 Å². The summed E-state index contributed by atoms with van der Waals surface area (Å²) < 4.78 is 7.91. The van der Waals surface area contributed by atoms with E-state index in [9.17, 15) is 0 Å². The summed E-state index contributed by atoms with van der Waals surface area (Å²) in [5.41, 5.74) is 2.29. The van der Waals surface area contributed by atoms with Gasteiger partial charge < -0.3 is 9.30 Å². The largest absolute Gasteiger partial charge is 0.487 e. The second kappa shape index (κ2) is 4.98. The van der Waals surface area contributed by atoms with E-state index in [0.717, 1.165) is 27.4 Å². The third-order valence-corrected chi connectivity index (χ3v) is 3.47. The van der Waals surface area contributed by atoms with Gasteiger partial charge in [0.25, 0.3) is 0 Å². The van der Waals surface area contributed by atoms with Gasteiger partial charge in [-0.15, -0.1) is 0 Å². The molecule has 1 aromatic heterocycles. The van der Waals surface area contributed by atoms with E-state index in [1.54, 1.807) is 0 Å². The first-order valence-corrected chi connectivity index (χ1v) is 6.53. The number of fused-ring (bicyclic) bond motifs is 1. The maximum atomic E-state index is 6.01. The Morgan fingerprint density at radius 2 is 1.84 bits per heavy atom. The van der Waals surface area contributed by atoms with Crippen molar-refractivity contribution in [2.45, 2.75) is 6.61 Å². The van der Waals surface area contributed by atoms with Gasteiger partial charge in [0.15, 0.2) is 0 Å². The predicted molar refractivity (Wildman–Crippen MR) is 78.7 cm³/mol. The zero-order valence-corrected chi connectivity index (χ0v) is 11.4. The average Bonchev–Trinajstić information content (AvgIpc) is 2.74. The number of nitrogens with zero attached hydrogens (tertiary/aromatic N) is 1. The van der Waals surface area contributed by atoms with Crippen LogP contribution in [-0.2, 0) is 13.7 Å². The summed E-state index contributed by atoms with van der Waals surface area (Å²) in [6.45, 7) is 0.548. The van der Waals surface area contributed by atoms with Crippen molar-refractivity contribution >= 4 is 22.5 Å². The van der Waals surface area contributed by atoms with Gasteiger partial charge in [0.2, 0.25) is 0 Å². The molecule has 0 aliphatic rings. The molecule has 0 spiro atoms. The maximum Gasteiger partial charge on any atom is 0.128 e. The number of halogens is 1. The van der Waals surface area contributed by atoms with Gasteiger partial charge in [-0.05, 0) is 36.4 Å². The minimum atomic E-state index is 0.548. The van der Waals surface area contributed by atoms with E-state index in [2.05, 4.69) is 10.6 Å². The highest BCUT2D eigenvalue weighted by Crippen LogP contribution is 2.23. The van der Waals surface area contributed by atoms with Crippen LogP contribution in [0.3, 0.4) is 0 Å². The molecule has 0 aliphatic carbocycles. The number of rotatable bonds is 3. The lowest BCUT2D eigenvalue weighted by molar-refractivity contribution is 0.298. The van der Waals surface area contributed by atoms with E-state index in [0.29, 0.717) is 6.61 Å². The van der Waals surface area contributed by atoms with Crippen molar-refractivity contribution in [2.24, 2.45) is 7.05 Å². The second-order valence-corrected chi connectivity index (χ2v) is 4.94. The Balaban J connectivity index is 1.87. The molecule has 0 unspecified atom stereocenters. The van der Waals surface area contributed by atoms with E-state index in [-0.39, 0.29) is 0 Å². The average molecular weight is 272 g/mol. The van der Waals surface area contributed by atoms with Gasteiger partial charge >= 0.3 is 0 Å². The van der Waals surface area contributed by atoms with Crippen LogP contribution in [0, 0.1) is 0 Å². The molecular weight excluding hydrogens is 258 g/mol. The zero-order chi connectivity index (χ0) is 13.2. The quantitative estimate of drug-likeness (QED) is 0.688. The maximum absolute atomic E-state index is 6.01. The summed E-state index contributed by atoms with van der Waals surface area (Å²) in [5, 5.41) is 1.90. The molecule has 2 nitrogen and oxygen atoms in total. The summed E-state index contributed by atoms with van der Waals surface area (Å²) in [5.74, 6) is 0.880. The van der Waals surface area contributed by atoms with Gasteiger partial charge in [0, 0.05) is 23.0 Å². The van der Waals surface area contributed by atoms with Crippen LogP contribution in [0.1, 0.15) is 5.69 Å². The van der Waals surface area contributed by atoms with Crippen LogP contribution in [-0.4, -0.2) is 4.57 Å². The molecule has 96 valence electrons. The number of benzene rings is 2. The van der Waals surface area contributed by atoms with Gasteiger partial charge in [-0.3, -0.25) is 0 Å². The highest BCUT2D eigenvalue weighted by atomic mass is 35.5. The van der Waals surface area contributed by atoms with E-state index >= 15 is 0 Å². The molecule has 0 saturated carbocycles. The van der Waals surface area contributed by atoms with E-state index in [1.165, 1.54) is 0 Å². The smallest absolute Gasteiger partial charge is 0.128 e. The van der Waals surface area contributed by atoms with Gasteiger partial charge in [0.05, 0.1) is 5.69 Å². The number of aryl methyl sites for hydroxylation is 1. The molecule has 19 heavy (non-hydrogen) atoms. The van der Waals surface area contributed by atoms with Crippen molar-refractivity contribution < 1.29 is 4.74 Å². The zero-order valence-electron chi connectivity index (χ0n) is 10.6. The molecule has 0 aliphatic heterocycles. The van der Waals surface area contributed by atoms with Gasteiger partial charge in [0.1, 0.15) is 12.4 Å². The Hall–Kier alpha value is -1.93. The normalized spacial score (nSPS) is 10.8. The summed E-state index contributed by atoms with van der Waals surface area (Å²) in [6.07, 6.45) is 0. The molecule has 0 bridgehead atoms. The lowest BCUT2D eigenvalue weighted by atomic mass is 10.2. The number of para-hydroxylation sites is 1. The van der Waals surface area contributed by atoms with Crippen LogP contribution in [0.4, 0.5) is 0 Å². The monoisotopic (exact) mass is 271 g/mol. The standard InChI is InChI=1S/C16H14ClNO/c1-18-14(11-19-15-5-3-2-4-6-15)10-12-9-13(17)7-8-16(12)18/h2-10H,11H2,1H3. The van der Waals surface area contributed by atoms with Crippen LogP contribution in [0.2, 0.25) is 5.02 Å². The number of hydrogen-bond acceptors (Lipinski definition) is 1. The van der Waals surface area contributed by atoms with Crippen LogP contribution >= 0.6 is 11.6 Å². The Morgan fingerprint density at radius 1 is 1.05 bits per heavy atom. The SMILES string of the molecule is Cn1c(COc2ccccc2)cc2cc(Cl)ccc21. The van der Waals surface area contributed by atoms with Crippen molar-refractivity contribution in [1.82, 2.24) is 4.57 Å². The van der Waals surface area contributed by atoms with Crippen LogP contribution < -0.4 is 4.74 Å². The first-order valence-electron chi connectivity index (χ1n) is 6.16. The van der Waals surface area contributed by atoms with Crippen molar-refractivity contribution in [3.05, 3.63) is 65.3 Å². The third kappa shape index (κ3) is 2.45. The highest BCUT2D eigenvalue weighted by Gasteiger charge is 2.06. The van der Waals surface area contributed by atoms with Gasteiger partial charge in [-0.2, -0.15) is 0 Å². The Morgan fingerprint density at radius 3 is 2.63 bits per heavy atom. The fraction of sp³-hybridized carbons (Fsp3) is 0.125. The fourth-order valence-corrected chi connectivity index (χ4v) is 2.37. The van der Waals surface area contributed by atoms with E-state index < -0.39 is 0 Å². The molecule has 3 aromatic rings. The van der Waals surface area contributed by atoms with Gasteiger partial charge in [-0.1, -0.05) is 29.8 Å². The van der Waals surface area contributed by atoms with Crippen LogP contribution in [0.5, 0.6) is 5.75 Å². The molecule has 3 heteroatoms. The number of ether oxygens (including phenoxy) is 1. The first kappa shape index (κ1) is 12.1. The minimum absolute atomic E-state index is 0.548.